The number of alkyl halides is 2. The number of para-hydroxylation sites is 1. The molecule has 1 heterocycles. The number of halogens is 2. The molecule has 16 heavy (non-hydrogen) atoms. The molecule has 1 aliphatic heterocycles. The summed E-state index contributed by atoms with van der Waals surface area (Å²) in [5, 5.41) is 9.38. The molecule has 1 aromatic carbocycles. The van der Waals surface area contributed by atoms with Gasteiger partial charge in [0.15, 0.2) is 17.6 Å². The molecule has 0 spiro atoms. The number of carbonyl (C=O) groups excluding carboxylic acids is 1. The van der Waals surface area contributed by atoms with Crippen molar-refractivity contribution in [1.29, 1.82) is 0 Å². The monoisotopic (exact) mass is 231 g/mol. The molecule has 86 valence electrons. The van der Waals surface area contributed by atoms with Gasteiger partial charge in [0.25, 0.3) is 5.91 Å². The number of aliphatic hydroxyl groups excluding tert-OH is 1. The molecule has 2 rings (SSSR count). The summed E-state index contributed by atoms with van der Waals surface area (Å²) in [7, 11) is 0. The minimum atomic E-state index is -3.80. The molecule has 1 aliphatic rings. The Morgan fingerprint density at radius 2 is 2.12 bits per heavy atom. The third-order valence-corrected chi connectivity index (χ3v) is 2.02. The van der Waals surface area contributed by atoms with Gasteiger partial charge in [-0.3, -0.25) is 4.79 Å². The maximum absolute atomic E-state index is 12.7. The molecule has 0 radical (unpaired) electrons. The minimum Gasteiger partial charge on any atom is -0.395 e. The van der Waals surface area contributed by atoms with Crippen molar-refractivity contribution in [2.75, 3.05) is 0 Å². The van der Waals surface area contributed by atoms with Gasteiger partial charge in [-0.05, 0) is 6.07 Å². The van der Waals surface area contributed by atoms with Crippen molar-refractivity contribution in [1.82, 2.24) is 0 Å². The number of hydrogen-bond acceptors (Lipinski definition) is 4. The number of aliphatic hydroxyl groups is 1. The van der Waals surface area contributed by atoms with E-state index >= 15 is 0 Å². The first-order chi connectivity index (χ1) is 7.41. The highest BCUT2D eigenvalue weighted by Gasteiger charge is 2.45. The van der Waals surface area contributed by atoms with Gasteiger partial charge in [0.05, 0.1) is 0 Å². The molecular formula is C9H7F2NO4. The van der Waals surface area contributed by atoms with Crippen LogP contribution in [0.5, 0.6) is 11.5 Å². The zero-order chi connectivity index (χ0) is 11.9. The van der Waals surface area contributed by atoms with Gasteiger partial charge in [-0.1, -0.05) is 12.1 Å². The number of rotatable bonds is 2. The van der Waals surface area contributed by atoms with E-state index in [1.165, 1.54) is 18.2 Å². The zero-order valence-electron chi connectivity index (χ0n) is 7.81. The highest BCUT2D eigenvalue weighted by molar-refractivity contribution is 5.81. The molecule has 1 aromatic rings. The molecule has 0 saturated heterocycles. The van der Waals surface area contributed by atoms with Crippen molar-refractivity contribution in [3.63, 3.8) is 0 Å². The summed E-state index contributed by atoms with van der Waals surface area (Å²) in [6, 6.07) is 3.82. The van der Waals surface area contributed by atoms with Gasteiger partial charge in [-0.15, -0.1) is 8.78 Å². The molecule has 5 nitrogen and oxygen atoms in total. The van der Waals surface area contributed by atoms with Gasteiger partial charge >= 0.3 is 6.29 Å². The average Bonchev–Trinajstić information content (AvgIpc) is 2.49. The summed E-state index contributed by atoms with van der Waals surface area (Å²) in [4.78, 5) is 10.7. The van der Waals surface area contributed by atoms with Crippen molar-refractivity contribution in [3.8, 4) is 11.5 Å². The Labute approximate surface area is 88.4 Å². The first-order valence-electron chi connectivity index (χ1n) is 4.27. The van der Waals surface area contributed by atoms with E-state index in [0.29, 0.717) is 0 Å². The van der Waals surface area contributed by atoms with E-state index in [1.54, 1.807) is 0 Å². The largest absolute Gasteiger partial charge is 0.586 e. The Morgan fingerprint density at radius 1 is 1.44 bits per heavy atom. The van der Waals surface area contributed by atoms with Crippen LogP contribution < -0.4 is 15.2 Å². The Morgan fingerprint density at radius 3 is 2.75 bits per heavy atom. The predicted octanol–water partition coefficient (Wildman–Crippen LogP) is 0.527. The Hall–Kier alpha value is -1.89. The van der Waals surface area contributed by atoms with Crippen molar-refractivity contribution in [2.45, 2.75) is 12.4 Å². The number of benzene rings is 1. The molecular weight excluding hydrogens is 224 g/mol. The van der Waals surface area contributed by atoms with E-state index in [0.717, 1.165) is 0 Å². The Balaban J connectivity index is 2.45. The summed E-state index contributed by atoms with van der Waals surface area (Å²) in [5.74, 6) is -1.69. The molecule has 0 fully saturated rings. The lowest BCUT2D eigenvalue weighted by atomic mass is 10.1. The van der Waals surface area contributed by atoms with Crippen molar-refractivity contribution < 1.29 is 28.2 Å². The van der Waals surface area contributed by atoms with Crippen LogP contribution in [-0.2, 0) is 4.79 Å². The Bertz CT molecular complexity index is 449. The van der Waals surface area contributed by atoms with Crippen LogP contribution >= 0.6 is 0 Å². The van der Waals surface area contributed by atoms with Gasteiger partial charge in [-0.2, -0.15) is 0 Å². The number of fused-ring (bicyclic) bond motifs is 1. The highest BCUT2D eigenvalue weighted by Crippen LogP contribution is 2.44. The molecule has 3 N–H and O–H groups in total. The van der Waals surface area contributed by atoms with Crippen molar-refractivity contribution in [2.24, 2.45) is 5.73 Å². The molecule has 0 aliphatic carbocycles. The SMILES string of the molecule is NC(=O)C(O)c1cccc2c1OC(F)(F)O2. The van der Waals surface area contributed by atoms with Crippen LogP contribution in [0, 0.1) is 0 Å². The molecule has 1 unspecified atom stereocenters. The lowest BCUT2D eigenvalue weighted by Gasteiger charge is -2.09. The second-order valence-corrected chi connectivity index (χ2v) is 3.15. The van der Waals surface area contributed by atoms with E-state index in [2.05, 4.69) is 9.47 Å². The van der Waals surface area contributed by atoms with Crippen LogP contribution in [0.3, 0.4) is 0 Å². The first-order valence-corrected chi connectivity index (χ1v) is 4.27. The maximum Gasteiger partial charge on any atom is 0.586 e. The lowest BCUT2D eigenvalue weighted by Crippen LogP contribution is -2.26. The summed E-state index contributed by atoms with van der Waals surface area (Å²) < 4.78 is 33.8. The van der Waals surface area contributed by atoms with E-state index in [4.69, 9.17) is 5.73 Å². The minimum absolute atomic E-state index is 0.151. The molecule has 1 amide bonds. The first kappa shape index (κ1) is 10.6. The van der Waals surface area contributed by atoms with Crippen LogP contribution in [0.25, 0.3) is 0 Å². The average molecular weight is 231 g/mol. The number of amides is 1. The van der Waals surface area contributed by atoms with E-state index < -0.39 is 18.3 Å². The van der Waals surface area contributed by atoms with Crippen LogP contribution in [0.4, 0.5) is 8.78 Å². The summed E-state index contributed by atoms with van der Waals surface area (Å²) in [6.45, 7) is 0. The molecule has 7 heteroatoms. The van der Waals surface area contributed by atoms with Crippen molar-refractivity contribution >= 4 is 5.91 Å². The number of primary amides is 1. The van der Waals surface area contributed by atoms with Gasteiger partial charge in [0.2, 0.25) is 0 Å². The number of carbonyl (C=O) groups is 1. The fraction of sp³-hybridized carbons (Fsp3) is 0.222. The number of hydrogen-bond donors (Lipinski definition) is 2. The Kier molecular flexibility index (Phi) is 2.20. The molecule has 1 atom stereocenters. The maximum atomic E-state index is 12.7. The number of ether oxygens (including phenoxy) is 2. The normalized spacial score (nSPS) is 18.2. The van der Waals surface area contributed by atoms with Crippen LogP contribution in [-0.4, -0.2) is 17.3 Å². The molecule has 0 aromatic heterocycles. The zero-order valence-corrected chi connectivity index (χ0v) is 7.81. The highest BCUT2D eigenvalue weighted by atomic mass is 19.3. The fourth-order valence-corrected chi connectivity index (χ4v) is 1.36. The topological polar surface area (TPSA) is 81.8 Å². The van der Waals surface area contributed by atoms with E-state index in [-0.39, 0.29) is 17.1 Å². The van der Waals surface area contributed by atoms with Crippen molar-refractivity contribution in [3.05, 3.63) is 23.8 Å². The van der Waals surface area contributed by atoms with E-state index in [9.17, 15) is 18.7 Å². The van der Waals surface area contributed by atoms with Gasteiger partial charge in [0, 0.05) is 5.56 Å². The van der Waals surface area contributed by atoms with Crippen LogP contribution in [0.2, 0.25) is 0 Å². The standard InChI is InChI=1S/C9H7F2NO4/c10-9(11)15-5-3-1-2-4(7(5)16-9)6(13)8(12)14/h1-3,6,13H,(H2,12,14). The second kappa shape index (κ2) is 3.31. The fourth-order valence-electron chi connectivity index (χ4n) is 1.36. The number of nitrogens with two attached hydrogens (primary N) is 1. The van der Waals surface area contributed by atoms with Gasteiger partial charge < -0.3 is 20.3 Å². The summed E-state index contributed by atoms with van der Waals surface area (Å²) >= 11 is 0. The van der Waals surface area contributed by atoms with E-state index in [1.807, 2.05) is 0 Å². The second-order valence-electron chi connectivity index (χ2n) is 3.15. The van der Waals surface area contributed by atoms with Gasteiger partial charge in [-0.25, -0.2) is 0 Å². The smallest absolute Gasteiger partial charge is 0.395 e. The predicted molar refractivity (Wildman–Crippen MR) is 46.8 cm³/mol. The van der Waals surface area contributed by atoms with Crippen LogP contribution in [0.15, 0.2) is 18.2 Å². The third kappa shape index (κ3) is 1.65. The molecule has 0 bridgehead atoms. The van der Waals surface area contributed by atoms with Gasteiger partial charge in [0.1, 0.15) is 0 Å². The lowest BCUT2D eigenvalue weighted by molar-refractivity contribution is -0.287. The quantitative estimate of drug-likeness (QED) is 0.777. The third-order valence-electron chi connectivity index (χ3n) is 2.02. The molecule has 0 saturated carbocycles. The summed E-state index contributed by atoms with van der Waals surface area (Å²) in [5.41, 5.74) is 4.71. The summed E-state index contributed by atoms with van der Waals surface area (Å²) in [6.07, 6.45) is -5.51. The van der Waals surface area contributed by atoms with Crippen LogP contribution in [0.1, 0.15) is 11.7 Å².